The smallest absolute Gasteiger partial charge is 0.407 e. The van der Waals surface area contributed by atoms with Gasteiger partial charge in [-0.25, -0.2) is 4.79 Å². The summed E-state index contributed by atoms with van der Waals surface area (Å²) in [6, 6.07) is 8.02. The van der Waals surface area contributed by atoms with E-state index in [2.05, 4.69) is 16.6 Å². The van der Waals surface area contributed by atoms with E-state index in [1.54, 1.807) is 0 Å². The molecule has 8 nitrogen and oxygen atoms in total. The number of carbonyl (C=O) groups is 3. The molecule has 190 valence electrons. The summed E-state index contributed by atoms with van der Waals surface area (Å²) >= 11 is 0. The lowest BCUT2D eigenvalue weighted by Gasteiger charge is -2.23. The van der Waals surface area contributed by atoms with Crippen LogP contribution in [-0.4, -0.2) is 61.9 Å². The van der Waals surface area contributed by atoms with E-state index in [4.69, 9.17) is 9.47 Å². The molecule has 1 rings (SSSR count). The summed E-state index contributed by atoms with van der Waals surface area (Å²) in [7, 11) is 1.33. The largest absolute Gasteiger partial charge is 0.469 e. The van der Waals surface area contributed by atoms with Crippen molar-refractivity contribution in [2.45, 2.75) is 65.0 Å². The highest BCUT2D eigenvalue weighted by Gasteiger charge is 2.16. The Morgan fingerprint density at radius 3 is 2.32 bits per heavy atom. The van der Waals surface area contributed by atoms with Gasteiger partial charge in [-0.15, -0.1) is 6.58 Å². The Balaban J connectivity index is 2.53. The van der Waals surface area contributed by atoms with Crippen molar-refractivity contribution in [3.05, 3.63) is 48.0 Å². The highest BCUT2D eigenvalue weighted by molar-refractivity contribution is 5.76. The zero-order valence-corrected chi connectivity index (χ0v) is 21.1. The first-order valence-corrected chi connectivity index (χ1v) is 11.7. The van der Waals surface area contributed by atoms with Gasteiger partial charge in [-0.1, -0.05) is 30.3 Å². The van der Waals surface area contributed by atoms with Crippen molar-refractivity contribution >= 4 is 18.0 Å². The van der Waals surface area contributed by atoms with E-state index < -0.39 is 11.7 Å². The number of benzene rings is 1. The molecule has 0 aliphatic carbocycles. The lowest BCUT2D eigenvalue weighted by molar-refractivity contribution is -0.141. The van der Waals surface area contributed by atoms with Crippen LogP contribution < -0.4 is 5.32 Å². The third-order valence-corrected chi connectivity index (χ3v) is 4.81. The van der Waals surface area contributed by atoms with E-state index in [-0.39, 0.29) is 37.9 Å². The Labute approximate surface area is 203 Å². The number of hydrogen-bond donors (Lipinski definition) is 1. The van der Waals surface area contributed by atoms with Gasteiger partial charge in [-0.3, -0.25) is 9.59 Å². The second-order valence-corrected chi connectivity index (χ2v) is 8.93. The number of allylic oxidation sites excluding steroid dienone is 1. The quantitative estimate of drug-likeness (QED) is 0.233. The standard InChI is InChI=1S/C26H40N2O6/c1-6-7-8-17-28(23(29)14-18-33-19-15-24(30)32-5)20-22-11-9-21(10-12-22)13-16-27-25(31)34-26(2,3)4/h6,9-12H,1,7-8,13-20H2,2-5H3,(H,27,31). The summed E-state index contributed by atoms with van der Waals surface area (Å²) in [6.45, 7) is 11.4. The number of hydrogen-bond acceptors (Lipinski definition) is 6. The Bertz CT molecular complexity index is 770. The van der Waals surface area contributed by atoms with Gasteiger partial charge in [0, 0.05) is 19.6 Å². The molecule has 0 radical (unpaired) electrons. The molecule has 8 heteroatoms. The fourth-order valence-corrected chi connectivity index (χ4v) is 3.05. The molecule has 0 saturated carbocycles. The molecule has 0 spiro atoms. The van der Waals surface area contributed by atoms with E-state index in [1.165, 1.54) is 7.11 Å². The molecule has 0 aromatic heterocycles. The minimum absolute atomic E-state index is 0.00719. The van der Waals surface area contributed by atoms with Gasteiger partial charge in [0.1, 0.15) is 5.60 Å². The van der Waals surface area contributed by atoms with E-state index in [9.17, 15) is 14.4 Å². The maximum absolute atomic E-state index is 12.7. The van der Waals surface area contributed by atoms with Crippen LogP contribution in [0, 0.1) is 0 Å². The predicted molar refractivity (Wildman–Crippen MR) is 131 cm³/mol. The van der Waals surface area contributed by atoms with Crippen molar-refractivity contribution in [2.24, 2.45) is 0 Å². The fourth-order valence-electron chi connectivity index (χ4n) is 3.05. The van der Waals surface area contributed by atoms with Crippen molar-refractivity contribution < 1.29 is 28.6 Å². The molecule has 2 amide bonds. The average molecular weight is 477 g/mol. The van der Waals surface area contributed by atoms with Gasteiger partial charge >= 0.3 is 12.1 Å². The van der Waals surface area contributed by atoms with Crippen LogP contribution >= 0.6 is 0 Å². The molecular weight excluding hydrogens is 436 g/mol. The topological polar surface area (TPSA) is 94.2 Å². The summed E-state index contributed by atoms with van der Waals surface area (Å²) in [5.74, 6) is -0.325. The molecule has 0 fully saturated rings. The fraction of sp³-hybridized carbons (Fsp3) is 0.577. The number of esters is 1. The number of ether oxygens (including phenoxy) is 3. The van der Waals surface area contributed by atoms with Crippen molar-refractivity contribution in [2.75, 3.05) is 33.4 Å². The summed E-state index contributed by atoms with van der Waals surface area (Å²) in [4.78, 5) is 37.4. The number of unbranched alkanes of at least 4 members (excludes halogenated alkanes) is 1. The van der Waals surface area contributed by atoms with Gasteiger partial charge in [-0.05, 0) is 51.2 Å². The summed E-state index contributed by atoms with van der Waals surface area (Å²) < 4.78 is 15.2. The number of nitrogens with one attached hydrogen (secondary N) is 1. The average Bonchev–Trinajstić information content (AvgIpc) is 2.77. The van der Waals surface area contributed by atoms with Gasteiger partial charge in [0.25, 0.3) is 0 Å². The maximum atomic E-state index is 12.7. The SMILES string of the molecule is C=CCCCN(Cc1ccc(CCNC(=O)OC(C)(C)C)cc1)C(=O)CCOCCC(=O)OC. The lowest BCUT2D eigenvalue weighted by atomic mass is 10.1. The maximum Gasteiger partial charge on any atom is 0.407 e. The molecule has 1 N–H and O–H groups in total. The minimum atomic E-state index is -0.518. The first-order valence-electron chi connectivity index (χ1n) is 11.7. The molecular formula is C26H40N2O6. The molecule has 0 atom stereocenters. The first-order chi connectivity index (χ1) is 16.1. The van der Waals surface area contributed by atoms with Crippen LogP contribution in [0.5, 0.6) is 0 Å². The van der Waals surface area contributed by atoms with Crippen molar-refractivity contribution in [3.63, 3.8) is 0 Å². The van der Waals surface area contributed by atoms with Gasteiger partial charge in [0.2, 0.25) is 5.91 Å². The summed E-state index contributed by atoms with van der Waals surface area (Å²) in [5, 5.41) is 2.76. The highest BCUT2D eigenvalue weighted by atomic mass is 16.6. The first kappa shape index (κ1) is 29.2. The van der Waals surface area contributed by atoms with Crippen molar-refractivity contribution in [1.82, 2.24) is 10.2 Å². The monoisotopic (exact) mass is 476 g/mol. The van der Waals surface area contributed by atoms with Crippen LogP contribution in [0.2, 0.25) is 0 Å². The van der Waals surface area contributed by atoms with Gasteiger partial charge < -0.3 is 24.4 Å². The second kappa shape index (κ2) is 15.9. The van der Waals surface area contributed by atoms with Crippen LogP contribution in [0.15, 0.2) is 36.9 Å². The number of carbonyl (C=O) groups excluding carboxylic acids is 3. The van der Waals surface area contributed by atoms with Gasteiger partial charge in [0.05, 0.1) is 33.2 Å². The van der Waals surface area contributed by atoms with Crippen LogP contribution in [0.3, 0.4) is 0 Å². The molecule has 0 unspecified atom stereocenters. The molecule has 0 aliphatic rings. The minimum Gasteiger partial charge on any atom is -0.469 e. The number of methoxy groups -OCH3 is 1. The normalized spacial score (nSPS) is 10.9. The Kier molecular flexibility index (Phi) is 13.6. The molecule has 0 aliphatic heterocycles. The van der Waals surface area contributed by atoms with Gasteiger partial charge in [-0.2, -0.15) is 0 Å². The third kappa shape index (κ3) is 13.6. The third-order valence-electron chi connectivity index (χ3n) is 4.81. The molecule has 1 aromatic rings. The van der Waals surface area contributed by atoms with E-state index in [1.807, 2.05) is 56.0 Å². The number of rotatable bonds is 15. The number of nitrogens with zero attached hydrogens (tertiary/aromatic N) is 1. The molecule has 0 saturated heterocycles. The highest BCUT2D eigenvalue weighted by Crippen LogP contribution is 2.11. The predicted octanol–water partition coefficient (Wildman–Crippen LogP) is 4.02. The zero-order valence-electron chi connectivity index (χ0n) is 21.1. The van der Waals surface area contributed by atoms with Crippen LogP contribution in [0.1, 0.15) is 57.6 Å². The summed E-state index contributed by atoms with van der Waals surface area (Å²) in [6.07, 6.45) is 4.21. The van der Waals surface area contributed by atoms with Crippen LogP contribution in [-0.2, 0) is 36.8 Å². The van der Waals surface area contributed by atoms with Crippen molar-refractivity contribution in [3.8, 4) is 0 Å². The number of amides is 2. The van der Waals surface area contributed by atoms with E-state index >= 15 is 0 Å². The van der Waals surface area contributed by atoms with Crippen molar-refractivity contribution in [1.29, 1.82) is 0 Å². The Morgan fingerprint density at radius 1 is 1.06 bits per heavy atom. The summed E-state index contributed by atoms with van der Waals surface area (Å²) in [5.41, 5.74) is 1.60. The number of alkyl carbamates (subject to hydrolysis) is 1. The Morgan fingerprint density at radius 2 is 1.71 bits per heavy atom. The van der Waals surface area contributed by atoms with E-state index in [0.29, 0.717) is 26.1 Å². The molecule has 0 bridgehead atoms. The molecule has 1 aromatic carbocycles. The Hall–Kier alpha value is -2.87. The zero-order chi connectivity index (χ0) is 25.4. The van der Waals surface area contributed by atoms with Gasteiger partial charge in [0.15, 0.2) is 0 Å². The lowest BCUT2D eigenvalue weighted by Crippen LogP contribution is -2.33. The molecule has 0 heterocycles. The second-order valence-electron chi connectivity index (χ2n) is 8.93. The van der Waals surface area contributed by atoms with Crippen LogP contribution in [0.4, 0.5) is 4.79 Å². The van der Waals surface area contributed by atoms with Crippen LogP contribution in [0.25, 0.3) is 0 Å². The molecule has 34 heavy (non-hydrogen) atoms. The van der Waals surface area contributed by atoms with E-state index in [0.717, 1.165) is 24.0 Å².